The minimum atomic E-state index is -0.268. The van der Waals surface area contributed by atoms with Gasteiger partial charge in [-0.15, -0.1) is 0 Å². The number of H-pyrrole nitrogens is 1. The maximum Gasteiger partial charge on any atom is 0.196 e. The molecular weight excluding hydrogens is 508 g/mol. The highest BCUT2D eigenvalue weighted by Gasteiger charge is 2.25. The SMILES string of the molecule is Cc1ccc2ccoc2c1Oc1ccc(C(=O)c2c[nH]c3ncnc(N[C@@H]4CC[C@@H](CO)OC4)c23)c(Cl)c1. The molecule has 1 aliphatic heterocycles. The summed E-state index contributed by atoms with van der Waals surface area (Å²) >= 11 is 6.60. The van der Waals surface area contributed by atoms with Crippen LogP contribution in [0.2, 0.25) is 5.02 Å². The highest BCUT2D eigenvalue weighted by molar-refractivity contribution is 6.35. The van der Waals surface area contributed by atoms with Gasteiger partial charge in [0.15, 0.2) is 17.1 Å². The fourth-order valence-electron chi connectivity index (χ4n) is 4.75. The number of rotatable bonds is 7. The van der Waals surface area contributed by atoms with Gasteiger partial charge in [0.2, 0.25) is 0 Å². The first kappa shape index (κ1) is 24.4. The third-order valence-corrected chi connectivity index (χ3v) is 7.12. The fraction of sp³-hybridized carbons (Fsp3) is 0.250. The number of fused-ring (bicyclic) bond motifs is 2. The van der Waals surface area contributed by atoms with Crippen LogP contribution in [-0.2, 0) is 4.74 Å². The van der Waals surface area contributed by atoms with E-state index in [1.165, 1.54) is 6.33 Å². The zero-order valence-corrected chi connectivity index (χ0v) is 21.3. The van der Waals surface area contributed by atoms with Gasteiger partial charge in [-0.3, -0.25) is 4.79 Å². The predicted molar refractivity (Wildman–Crippen MR) is 143 cm³/mol. The summed E-state index contributed by atoms with van der Waals surface area (Å²) in [7, 11) is 0. The van der Waals surface area contributed by atoms with E-state index in [1.54, 1.807) is 30.7 Å². The van der Waals surface area contributed by atoms with Gasteiger partial charge in [0.1, 0.15) is 23.5 Å². The topological polar surface area (TPSA) is 123 Å². The molecule has 1 aliphatic rings. The van der Waals surface area contributed by atoms with Crippen molar-refractivity contribution in [3.05, 3.63) is 76.9 Å². The number of hydrogen-bond donors (Lipinski definition) is 3. The van der Waals surface area contributed by atoms with Crippen molar-refractivity contribution in [1.82, 2.24) is 15.0 Å². The van der Waals surface area contributed by atoms with Crippen LogP contribution < -0.4 is 10.1 Å². The highest BCUT2D eigenvalue weighted by atomic mass is 35.5. The van der Waals surface area contributed by atoms with Crippen LogP contribution in [0, 0.1) is 6.92 Å². The normalized spacial score (nSPS) is 17.7. The lowest BCUT2D eigenvalue weighted by molar-refractivity contribution is -0.0224. The molecule has 5 aromatic rings. The molecule has 38 heavy (non-hydrogen) atoms. The van der Waals surface area contributed by atoms with E-state index in [2.05, 4.69) is 20.3 Å². The zero-order chi connectivity index (χ0) is 26.2. The largest absolute Gasteiger partial charge is 0.460 e. The molecule has 0 bridgehead atoms. The van der Waals surface area contributed by atoms with E-state index in [-0.39, 0.29) is 29.6 Å². The average Bonchev–Trinajstić information content (AvgIpc) is 3.59. The summed E-state index contributed by atoms with van der Waals surface area (Å²) in [6, 6.07) is 10.8. The van der Waals surface area contributed by atoms with Gasteiger partial charge in [-0.1, -0.05) is 23.7 Å². The maximum absolute atomic E-state index is 13.6. The van der Waals surface area contributed by atoms with Gasteiger partial charge in [-0.25, -0.2) is 9.97 Å². The third kappa shape index (κ3) is 4.49. The van der Waals surface area contributed by atoms with Crippen LogP contribution in [0.4, 0.5) is 5.82 Å². The lowest BCUT2D eigenvalue weighted by Gasteiger charge is -2.29. The quantitative estimate of drug-likeness (QED) is 0.230. The number of aryl methyl sites for hydroxylation is 1. The number of benzene rings is 2. The Morgan fingerprint density at radius 2 is 2.11 bits per heavy atom. The Morgan fingerprint density at radius 3 is 2.89 bits per heavy atom. The smallest absolute Gasteiger partial charge is 0.196 e. The lowest BCUT2D eigenvalue weighted by atomic mass is 10.0. The number of aliphatic hydroxyl groups excluding tert-OH is 1. The summed E-state index contributed by atoms with van der Waals surface area (Å²) in [5, 5.41) is 14.5. The van der Waals surface area contributed by atoms with Crippen molar-refractivity contribution in [2.45, 2.75) is 31.9 Å². The van der Waals surface area contributed by atoms with Crippen LogP contribution in [0.1, 0.15) is 34.3 Å². The Morgan fingerprint density at radius 1 is 1.21 bits per heavy atom. The van der Waals surface area contributed by atoms with Crippen LogP contribution in [0.3, 0.4) is 0 Å². The van der Waals surface area contributed by atoms with Crippen molar-refractivity contribution in [2.75, 3.05) is 18.5 Å². The minimum absolute atomic E-state index is 0.00363. The first-order valence-corrected chi connectivity index (χ1v) is 12.7. The van der Waals surface area contributed by atoms with Crippen LogP contribution in [-0.4, -0.2) is 51.2 Å². The third-order valence-electron chi connectivity index (χ3n) is 6.81. The molecule has 0 spiro atoms. The first-order chi connectivity index (χ1) is 18.5. The number of carbonyl (C=O) groups is 1. The van der Waals surface area contributed by atoms with Crippen molar-refractivity contribution >= 4 is 45.2 Å². The van der Waals surface area contributed by atoms with Crippen molar-refractivity contribution in [1.29, 1.82) is 0 Å². The molecule has 3 N–H and O–H groups in total. The standard InChI is InChI=1S/C28H25ClN4O5/c1-15-2-3-16-8-9-36-26(16)25(15)38-18-6-7-20(22(29)10-18)24(35)21-11-30-27-23(21)28(32-14-31-27)33-17-4-5-19(12-34)37-13-17/h2-3,6-11,14,17,19,34H,4-5,12-13H2,1H3,(H2,30,31,32,33)/t17-,19+/m1/s1. The molecule has 2 atom stereocenters. The average molecular weight is 533 g/mol. The number of ether oxygens (including phenoxy) is 2. The molecule has 4 heterocycles. The number of furan rings is 1. The second-order valence-electron chi connectivity index (χ2n) is 9.33. The van der Waals surface area contributed by atoms with Gasteiger partial charge in [0, 0.05) is 23.2 Å². The van der Waals surface area contributed by atoms with Crippen molar-refractivity contribution < 1.29 is 23.8 Å². The van der Waals surface area contributed by atoms with Crippen molar-refractivity contribution in [2.24, 2.45) is 0 Å². The summed E-state index contributed by atoms with van der Waals surface area (Å²) < 4.78 is 17.4. The molecule has 194 valence electrons. The summed E-state index contributed by atoms with van der Waals surface area (Å²) in [4.78, 5) is 25.4. The van der Waals surface area contributed by atoms with E-state index < -0.39 is 0 Å². The molecule has 2 aromatic carbocycles. The molecule has 1 fully saturated rings. The molecule has 0 unspecified atom stereocenters. The molecule has 9 nitrogen and oxygen atoms in total. The van der Waals surface area contributed by atoms with Crippen molar-refractivity contribution in [3.63, 3.8) is 0 Å². The van der Waals surface area contributed by atoms with E-state index in [1.807, 2.05) is 25.1 Å². The molecule has 0 amide bonds. The lowest BCUT2D eigenvalue weighted by Crippen LogP contribution is -2.36. The Hall–Kier alpha value is -3.92. The van der Waals surface area contributed by atoms with Crippen molar-refractivity contribution in [3.8, 4) is 11.5 Å². The number of ketones is 1. The van der Waals surface area contributed by atoms with Gasteiger partial charge < -0.3 is 29.3 Å². The number of nitrogens with one attached hydrogen (secondary N) is 2. The Labute approximate surface area is 222 Å². The number of halogens is 1. The number of aromatic nitrogens is 3. The minimum Gasteiger partial charge on any atom is -0.460 e. The second kappa shape index (κ2) is 10.1. The number of nitrogens with zero attached hydrogens (tertiary/aromatic N) is 2. The molecule has 3 aromatic heterocycles. The number of aromatic amines is 1. The summed E-state index contributed by atoms with van der Waals surface area (Å²) in [5.74, 6) is 1.36. The molecule has 0 radical (unpaired) electrons. The Bertz CT molecular complexity index is 1640. The van der Waals surface area contributed by atoms with E-state index in [0.717, 1.165) is 23.8 Å². The van der Waals surface area contributed by atoms with E-state index >= 15 is 0 Å². The Balaban J connectivity index is 1.27. The van der Waals surface area contributed by atoms with Crippen LogP contribution in [0.15, 0.2) is 59.6 Å². The summed E-state index contributed by atoms with van der Waals surface area (Å²) in [6.07, 6.45) is 6.08. The summed E-state index contributed by atoms with van der Waals surface area (Å²) in [6.45, 7) is 2.37. The predicted octanol–water partition coefficient (Wildman–Crippen LogP) is 5.64. The molecule has 6 rings (SSSR count). The number of aliphatic hydroxyl groups is 1. The van der Waals surface area contributed by atoms with Gasteiger partial charge in [0.25, 0.3) is 0 Å². The molecule has 0 saturated carbocycles. The molecule has 10 heteroatoms. The van der Waals surface area contributed by atoms with E-state index in [4.69, 9.17) is 25.5 Å². The maximum atomic E-state index is 13.6. The van der Waals surface area contributed by atoms with Crippen LogP contribution >= 0.6 is 11.6 Å². The number of hydrogen-bond acceptors (Lipinski definition) is 8. The van der Waals surface area contributed by atoms with Gasteiger partial charge in [-0.2, -0.15) is 0 Å². The fourth-order valence-corrected chi connectivity index (χ4v) is 5.00. The van der Waals surface area contributed by atoms with Crippen LogP contribution in [0.25, 0.3) is 22.0 Å². The van der Waals surface area contributed by atoms with Gasteiger partial charge in [-0.05, 0) is 43.5 Å². The number of anilines is 1. The summed E-state index contributed by atoms with van der Waals surface area (Å²) in [5.41, 5.74) is 2.83. The molecule has 1 saturated heterocycles. The number of carbonyl (C=O) groups excluding carboxylic acids is 1. The highest BCUT2D eigenvalue weighted by Crippen LogP contribution is 2.36. The monoisotopic (exact) mass is 532 g/mol. The van der Waals surface area contributed by atoms with Gasteiger partial charge in [0.05, 0.1) is 47.6 Å². The Kier molecular flexibility index (Phi) is 6.49. The zero-order valence-electron chi connectivity index (χ0n) is 20.5. The molecule has 0 aliphatic carbocycles. The van der Waals surface area contributed by atoms with E-state index in [0.29, 0.717) is 51.7 Å². The van der Waals surface area contributed by atoms with E-state index in [9.17, 15) is 9.90 Å². The second-order valence-corrected chi connectivity index (χ2v) is 9.74. The first-order valence-electron chi connectivity index (χ1n) is 12.3. The van der Waals surface area contributed by atoms with Gasteiger partial charge >= 0.3 is 0 Å². The molecular formula is C28H25ClN4O5. The van der Waals surface area contributed by atoms with Crippen LogP contribution in [0.5, 0.6) is 11.5 Å².